The van der Waals surface area contributed by atoms with Gasteiger partial charge in [0, 0.05) is 0 Å². The number of carbonyl (C=O) groups is 1. The van der Waals surface area contributed by atoms with Crippen LogP contribution in [0.3, 0.4) is 0 Å². The highest BCUT2D eigenvalue weighted by atomic mass is 32.2. The Bertz CT molecular complexity index is 1390. The summed E-state index contributed by atoms with van der Waals surface area (Å²) in [5.41, 5.74) is 1.85. The van der Waals surface area contributed by atoms with Gasteiger partial charge in [-0.1, -0.05) is 54.6 Å². The van der Waals surface area contributed by atoms with Crippen molar-refractivity contribution in [2.45, 2.75) is 4.90 Å². The summed E-state index contributed by atoms with van der Waals surface area (Å²) in [5, 5.41) is 11.0. The molecule has 1 N–H and O–H groups in total. The first-order valence-electron chi connectivity index (χ1n) is 10.2. The van der Waals surface area contributed by atoms with E-state index in [-0.39, 0.29) is 28.6 Å². The molecule has 6 nitrogen and oxygen atoms in total. The van der Waals surface area contributed by atoms with Crippen LogP contribution >= 0.6 is 0 Å². The molecular formula is C26H22O6S. The number of sulfone groups is 1. The van der Waals surface area contributed by atoms with E-state index in [2.05, 4.69) is 0 Å². The van der Waals surface area contributed by atoms with Crippen LogP contribution in [0, 0.1) is 0 Å². The lowest BCUT2D eigenvalue weighted by Gasteiger charge is -2.12. The maximum absolute atomic E-state index is 12.8. The van der Waals surface area contributed by atoms with Crippen LogP contribution in [0.15, 0.2) is 89.8 Å². The molecule has 0 aromatic heterocycles. The third-order valence-electron chi connectivity index (χ3n) is 5.35. The summed E-state index contributed by atoms with van der Waals surface area (Å²) in [6.07, 6.45) is 0. The normalized spacial score (nSPS) is 11.3. The molecule has 0 heterocycles. The molecule has 0 aliphatic heterocycles. The Morgan fingerprint density at radius 3 is 2.12 bits per heavy atom. The number of hydrogen-bond donors (Lipinski definition) is 1. The summed E-state index contributed by atoms with van der Waals surface area (Å²) in [6, 6.07) is 24.5. The predicted octanol–water partition coefficient (Wildman–Crippen LogP) is 5.07. The molecule has 0 saturated heterocycles. The third kappa shape index (κ3) is 4.83. The first-order chi connectivity index (χ1) is 15.9. The smallest absolute Gasteiger partial charge is 0.340 e. The maximum Gasteiger partial charge on any atom is 0.340 e. The average molecular weight is 463 g/mol. The van der Waals surface area contributed by atoms with Crippen molar-refractivity contribution in [3.8, 4) is 22.6 Å². The molecule has 0 radical (unpaired) electrons. The fourth-order valence-electron chi connectivity index (χ4n) is 3.61. The zero-order chi connectivity index (χ0) is 23.4. The summed E-state index contributed by atoms with van der Waals surface area (Å²) in [4.78, 5) is 12.0. The van der Waals surface area contributed by atoms with Gasteiger partial charge in [0.25, 0.3) is 0 Å². The molecule has 0 atom stereocenters. The molecule has 0 amide bonds. The number of carboxylic acids is 1. The Morgan fingerprint density at radius 2 is 1.48 bits per heavy atom. The van der Waals surface area contributed by atoms with Crippen LogP contribution in [-0.4, -0.2) is 39.0 Å². The van der Waals surface area contributed by atoms with Gasteiger partial charge in [-0.15, -0.1) is 0 Å². The molecule has 0 aliphatic rings. The van der Waals surface area contributed by atoms with Crippen LogP contribution in [0.4, 0.5) is 0 Å². The summed E-state index contributed by atoms with van der Waals surface area (Å²) < 4.78 is 36.3. The lowest BCUT2D eigenvalue weighted by atomic mass is 10.0. The van der Waals surface area contributed by atoms with Gasteiger partial charge in [-0.2, -0.15) is 0 Å². The van der Waals surface area contributed by atoms with Gasteiger partial charge in [0.1, 0.15) is 23.7 Å². The minimum atomic E-state index is -3.61. The van der Waals surface area contributed by atoms with Crippen molar-refractivity contribution in [1.82, 2.24) is 0 Å². The number of fused-ring (bicyclic) bond motifs is 1. The minimum Gasteiger partial charge on any atom is -0.497 e. The number of hydrogen-bond acceptors (Lipinski definition) is 5. The monoisotopic (exact) mass is 462 g/mol. The number of aromatic carboxylic acids is 1. The Balaban J connectivity index is 1.47. The molecule has 0 bridgehead atoms. The van der Waals surface area contributed by atoms with Crippen LogP contribution in [0.5, 0.6) is 11.5 Å². The summed E-state index contributed by atoms with van der Waals surface area (Å²) in [7, 11) is -2.01. The molecule has 33 heavy (non-hydrogen) atoms. The molecule has 7 heteroatoms. The Labute approximate surface area is 191 Å². The fraction of sp³-hybridized carbons (Fsp3) is 0.115. The van der Waals surface area contributed by atoms with Gasteiger partial charge in [0.2, 0.25) is 0 Å². The van der Waals surface area contributed by atoms with Crippen LogP contribution in [0.1, 0.15) is 10.4 Å². The zero-order valence-electron chi connectivity index (χ0n) is 17.9. The quantitative estimate of drug-likeness (QED) is 0.393. The topological polar surface area (TPSA) is 89.9 Å². The van der Waals surface area contributed by atoms with Crippen LogP contribution in [-0.2, 0) is 9.84 Å². The van der Waals surface area contributed by atoms with Gasteiger partial charge in [-0.3, -0.25) is 0 Å². The lowest BCUT2D eigenvalue weighted by Crippen LogP contribution is -2.15. The van der Waals surface area contributed by atoms with E-state index in [0.29, 0.717) is 5.39 Å². The van der Waals surface area contributed by atoms with E-state index in [0.717, 1.165) is 22.3 Å². The third-order valence-corrected chi connectivity index (χ3v) is 7.05. The van der Waals surface area contributed by atoms with Gasteiger partial charge in [-0.25, -0.2) is 13.2 Å². The first kappa shape index (κ1) is 22.4. The Kier molecular flexibility index (Phi) is 6.33. The molecule has 0 aliphatic carbocycles. The van der Waals surface area contributed by atoms with Crippen molar-refractivity contribution >= 4 is 26.6 Å². The molecule has 4 rings (SSSR count). The summed E-state index contributed by atoms with van der Waals surface area (Å²) in [6.45, 7) is -0.165. The molecule has 0 spiro atoms. The second kappa shape index (κ2) is 9.34. The van der Waals surface area contributed by atoms with Gasteiger partial charge in [0.05, 0.1) is 17.8 Å². The summed E-state index contributed by atoms with van der Waals surface area (Å²) >= 11 is 0. The van der Waals surface area contributed by atoms with Gasteiger partial charge in [0.15, 0.2) is 9.84 Å². The summed E-state index contributed by atoms with van der Waals surface area (Å²) in [5.74, 6) is -0.513. The standard InChI is InChI=1S/C26H22O6S/c1-31-21-11-6-18(7-12-21)19-8-13-22(14-9-19)33(29,30)17-16-32-24-15-10-20-4-2-3-5-23(20)25(24)26(27)28/h2-15H,16-17H2,1H3,(H,27,28). The van der Waals surface area contributed by atoms with Crippen molar-refractivity contribution in [2.75, 3.05) is 19.5 Å². The van der Waals surface area contributed by atoms with E-state index in [4.69, 9.17) is 9.47 Å². The molecule has 4 aromatic rings. The van der Waals surface area contributed by atoms with Gasteiger partial charge < -0.3 is 14.6 Å². The molecule has 4 aromatic carbocycles. The number of ether oxygens (including phenoxy) is 2. The van der Waals surface area contributed by atoms with E-state index in [1.165, 1.54) is 0 Å². The molecule has 168 valence electrons. The van der Waals surface area contributed by atoms with Crippen molar-refractivity contribution < 1.29 is 27.8 Å². The fourth-order valence-corrected chi connectivity index (χ4v) is 4.70. The van der Waals surface area contributed by atoms with Crippen molar-refractivity contribution in [3.05, 3.63) is 90.5 Å². The zero-order valence-corrected chi connectivity index (χ0v) is 18.7. The molecular weight excluding hydrogens is 440 g/mol. The Morgan fingerprint density at radius 1 is 0.848 bits per heavy atom. The van der Waals surface area contributed by atoms with Crippen molar-refractivity contribution in [2.24, 2.45) is 0 Å². The molecule has 0 fully saturated rings. The average Bonchev–Trinajstić information content (AvgIpc) is 2.83. The minimum absolute atomic E-state index is 0.0225. The maximum atomic E-state index is 12.8. The second-order valence-corrected chi connectivity index (χ2v) is 9.49. The highest BCUT2D eigenvalue weighted by Crippen LogP contribution is 2.29. The van der Waals surface area contributed by atoms with Crippen molar-refractivity contribution in [1.29, 1.82) is 0 Å². The highest BCUT2D eigenvalue weighted by molar-refractivity contribution is 7.91. The van der Waals surface area contributed by atoms with E-state index in [9.17, 15) is 18.3 Å². The van der Waals surface area contributed by atoms with Crippen LogP contribution in [0.2, 0.25) is 0 Å². The molecule has 0 unspecified atom stereocenters. The van der Waals surface area contributed by atoms with E-state index >= 15 is 0 Å². The van der Waals surface area contributed by atoms with Crippen molar-refractivity contribution in [3.63, 3.8) is 0 Å². The number of benzene rings is 4. The van der Waals surface area contributed by atoms with E-state index in [1.54, 1.807) is 55.6 Å². The first-order valence-corrected chi connectivity index (χ1v) is 11.9. The highest BCUT2D eigenvalue weighted by Gasteiger charge is 2.18. The lowest BCUT2D eigenvalue weighted by molar-refractivity contribution is 0.0695. The van der Waals surface area contributed by atoms with Gasteiger partial charge in [-0.05, 0) is 52.2 Å². The number of methoxy groups -OCH3 is 1. The van der Waals surface area contributed by atoms with Crippen LogP contribution < -0.4 is 9.47 Å². The van der Waals surface area contributed by atoms with E-state index < -0.39 is 15.8 Å². The second-order valence-electron chi connectivity index (χ2n) is 7.39. The SMILES string of the molecule is COc1ccc(-c2ccc(S(=O)(=O)CCOc3ccc4ccccc4c3C(=O)O)cc2)cc1. The largest absolute Gasteiger partial charge is 0.497 e. The van der Waals surface area contributed by atoms with E-state index in [1.807, 2.05) is 36.4 Å². The van der Waals surface area contributed by atoms with Crippen LogP contribution in [0.25, 0.3) is 21.9 Å². The number of carboxylic acid groups (broad SMARTS) is 1. The number of rotatable bonds is 8. The Hall–Kier alpha value is -3.84. The predicted molar refractivity (Wildman–Crippen MR) is 127 cm³/mol. The molecule has 0 saturated carbocycles. The van der Waals surface area contributed by atoms with Gasteiger partial charge >= 0.3 is 5.97 Å².